The van der Waals surface area contributed by atoms with Crippen LogP contribution in [-0.2, 0) is 10.0 Å². The number of hydrogen-bond donors (Lipinski definition) is 2. The minimum Gasteiger partial charge on any atom is -0.273 e. The summed E-state index contributed by atoms with van der Waals surface area (Å²) in [6.45, 7) is 0. The standard InChI is InChI=1S/C17H14N4O3S/c22-17(20-21-25(23,24)15-8-2-1-3-9-15)14-7-4-6-13(12-14)16-18-10-5-11-19-16/h1-12,21H,(H,20,22). The minimum atomic E-state index is -3.83. The Bertz CT molecular complexity index is 977. The number of rotatable bonds is 5. The predicted molar refractivity (Wildman–Crippen MR) is 91.7 cm³/mol. The lowest BCUT2D eigenvalue weighted by Gasteiger charge is -2.09. The second-order valence-corrected chi connectivity index (χ2v) is 6.71. The van der Waals surface area contributed by atoms with Crippen molar-refractivity contribution < 1.29 is 13.2 Å². The van der Waals surface area contributed by atoms with Crippen molar-refractivity contribution in [2.45, 2.75) is 4.90 Å². The zero-order chi connectivity index (χ0) is 17.7. The van der Waals surface area contributed by atoms with Crippen LogP contribution in [0.1, 0.15) is 10.4 Å². The Labute approximate surface area is 144 Å². The summed E-state index contributed by atoms with van der Waals surface area (Å²) >= 11 is 0. The van der Waals surface area contributed by atoms with Crippen LogP contribution in [0.15, 0.2) is 78.0 Å². The molecule has 0 radical (unpaired) electrons. The number of carbonyl (C=O) groups is 1. The van der Waals surface area contributed by atoms with Crippen LogP contribution in [0, 0.1) is 0 Å². The molecule has 3 aromatic rings. The number of nitrogens with zero attached hydrogens (tertiary/aromatic N) is 2. The Kier molecular flexibility index (Phi) is 4.82. The fraction of sp³-hybridized carbons (Fsp3) is 0. The zero-order valence-corrected chi connectivity index (χ0v) is 13.8. The lowest BCUT2D eigenvalue weighted by molar-refractivity contribution is 0.0945. The maximum absolute atomic E-state index is 12.2. The molecule has 1 aromatic heterocycles. The van der Waals surface area contributed by atoms with Gasteiger partial charge in [0.1, 0.15) is 0 Å². The molecular formula is C17H14N4O3S. The van der Waals surface area contributed by atoms with E-state index in [2.05, 4.69) is 20.2 Å². The Hall–Kier alpha value is -3.10. The molecule has 0 bridgehead atoms. The van der Waals surface area contributed by atoms with Crippen LogP contribution in [0.4, 0.5) is 0 Å². The first-order valence-electron chi connectivity index (χ1n) is 7.31. The van der Waals surface area contributed by atoms with E-state index in [1.54, 1.807) is 60.9 Å². The lowest BCUT2D eigenvalue weighted by Crippen LogP contribution is -2.41. The fourth-order valence-corrected chi connectivity index (χ4v) is 2.95. The predicted octanol–water partition coefficient (Wildman–Crippen LogP) is 1.77. The Morgan fingerprint density at radius 2 is 1.60 bits per heavy atom. The molecule has 0 saturated carbocycles. The molecule has 7 nitrogen and oxygen atoms in total. The van der Waals surface area contributed by atoms with Crippen molar-refractivity contribution >= 4 is 15.9 Å². The second kappa shape index (κ2) is 7.20. The van der Waals surface area contributed by atoms with E-state index in [-0.39, 0.29) is 10.5 Å². The maximum Gasteiger partial charge on any atom is 0.266 e. The Morgan fingerprint density at radius 1 is 0.880 bits per heavy atom. The van der Waals surface area contributed by atoms with Gasteiger partial charge in [0.2, 0.25) is 0 Å². The highest BCUT2D eigenvalue weighted by atomic mass is 32.2. The summed E-state index contributed by atoms with van der Waals surface area (Å²) < 4.78 is 24.2. The van der Waals surface area contributed by atoms with Crippen LogP contribution in [0.25, 0.3) is 11.4 Å². The molecule has 0 aliphatic carbocycles. The van der Waals surface area contributed by atoms with Gasteiger partial charge in [-0.1, -0.05) is 30.3 Å². The number of nitrogens with one attached hydrogen (secondary N) is 2. The third-order valence-corrected chi connectivity index (χ3v) is 4.56. The van der Waals surface area contributed by atoms with Crippen molar-refractivity contribution in [1.29, 1.82) is 0 Å². The van der Waals surface area contributed by atoms with Gasteiger partial charge in [-0.05, 0) is 30.3 Å². The minimum absolute atomic E-state index is 0.0572. The monoisotopic (exact) mass is 354 g/mol. The summed E-state index contributed by atoms with van der Waals surface area (Å²) in [5, 5.41) is 0. The van der Waals surface area contributed by atoms with Crippen LogP contribution in [0.2, 0.25) is 0 Å². The number of carbonyl (C=O) groups excluding carboxylic acids is 1. The largest absolute Gasteiger partial charge is 0.273 e. The number of amides is 1. The molecule has 0 fully saturated rings. The third kappa shape index (κ3) is 4.06. The van der Waals surface area contributed by atoms with Crippen molar-refractivity contribution in [3.8, 4) is 11.4 Å². The summed E-state index contributed by atoms with van der Waals surface area (Å²) in [6, 6.07) is 16.0. The van der Waals surface area contributed by atoms with Crippen molar-refractivity contribution in [3.63, 3.8) is 0 Å². The smallest absolute Gasteiger partial charge is 0.266 e. The first-order chi connectivity index (χ1) is 12.1. The van der Waals surface area contributed by atoms with E-state index in [0.717, 1.165) is 0 Å². The van der Waals surface area contributed by atoms with E-state index < -0.39 is 15.9 Å². The number of hydrazine groups is 1. The van der Waals surface area contributed by atoms with Gasteiger partial charge >= 0.3 is 0 Å². The average molecular weight is 354 g/mol. The van der Waals surface area contributed by atoms with Gasteiger partial charge in [0.15, 0.2) is 5.82 Å². The fourth-order valence-electron chi connectivity index (χ4n) is 2.09. The number of hydrogen-bond acceptors (Lipinski definition) is 5. The van der Waals surface area contributed by atoms with Crippen LogP contribution in [0.5, 0.6) is 0 Å². The summed E-state index contributed by atoms with van der Waals surface area (Å²) in [6.07, 6.45) is 3.20. The maximum atomic E-state index is 12.2. The molecule has 25 heavy (non-hydrogen) atoms. The molecule has 0 spiro atoms. The highest BCUT2D eigenvalue weighted by Gasteiger charge is 2.15. The molecule has 0 atom stereocenters. The molecule has 1 heterocycles. The Morgan fingerprint density at radius 3 is 2.32 bits per heavy atom. The van der Waals surface area contributed by atoms with Gasteiger partial charge in [0.25, 0.3) is 15.9 Å². The average Bonchev–Trinajstić information content (AvgIpc) is 2.68. The lowest BCUT2D eigenvalue weighted by atomic mass is 10.1. The molecule has 8 heteroatoms. The third-order valence-electron chi connectivity index (χ3n) is 3.30. The molecule has 126 valence electrons. The molecule has 2 N–H and O–H groups in total. The topological polar surface area (TPSA) is 101 Å². The van der Waals surface area contributed by atoms with Crippen molar-refractivity contribution in [3.05, 3.63) is 78.6 Å². The molecular weight excluding hydrogens is 340 g/mol. The van der Waals surface area contributed by atoms with E-state index in [1.807, 2.05) is 0 Å². The van der Waals surface area contributed by atoms with Crippen molar-refractivity contribution in [1.82, 2.24) is 20.2 Å². The molecule has 0 aliphatic heterocycles. The first-order valence-corrected chi connectivity index (χ1v) is 8.79. The van der Waals surface area contributed by atoms with E-state index in [0.29, 0.717) is 11.4 Å². The molecule has 0 unspecified atom stereocenters. The highest BCUT2D eigenvalue weighted by molar-refractivity contribution is 7.89. The number of sulfonamides is 1. The molecule has 1 amide bonds. The van der Waals surface area contributed by atoms with Gasteiger partial charge in [0, 0.05) is 23.5 Å². The van der Waals surface area contributed by atoms with Crippen LogP contribution >= 0.6 is 0 Å². The number of aromatic nitrogens is 2. The van der Waals surface area contributed by atoms with Crippen molar-refractivity contribution in [2.24, 2.45) is 0 Å². The summed E-state index contributed by atoms with van der Waals surface area (Å²) in [4.78, 5) is 22.6. The molecule has 2 aromatic carbocycles. The summed E-state index contributed by atoms with van der Waals surface area (Å²) in [7, 11) is -3.83. The van der Waals surface area contributed by atoms with Crippen molar-refractivity contribution in [2.75, 3.05) is 0 Å². The summed E-state index contributed by atoms with van der Waals surface area (Å²) in [5.74, 6) is -0.112. The van der Waals surface area contributed by atoms with E-state index in [9.17, 15) is 13.2 Å². The highest BCUT2D eigenvalue weighted by Crippen LogP contribution is 2.15. The number of benzene rings is 2. The second-order valence-electron chi connectivity index (χ2n) is 5.03. The van der Waals surface area contributed by atoms with E-state index in [4.69, 9.17) is 0 Å². The van der Waals surface area contributed by atoms with Gasteiger partial charge in [-0.25, -0.2) is 18.4 Å². The molecule has 0 saturated heterocycles. The van der Waals surface area contributed by atoms with Gasteiger partial charge in [0.05, 0.1) is 4.90 Å². The first kappa shape index (κ1) is 16.7. The van der Waals surface area contributed by atoms with Gasteiger partial charge in [-0.2, -0.15) is 0 Å². The summed E-state index contributed by atoms with van der Waals surface area (Å²) in [5.41, 5.74) is 3.13. The van der Waals surface area contributed by atoms with Crippen LogP contribution in [0.3, 0.4) is 0 Å². The normalized spacial score (nSPS) is 11.0. The van der Waals surface area contributed by atoms with E-state index >= 15 is 0 Å². The van der Waals surface area contributed by atoms with Crippen LogP contribution in [-0.4, -0.2) is 24.3 Å². The van der Waals surface area contributed by atoms with E-state index in [1.165, 1.54) is 12.1 Å². The molecule has 0 aliphatic rings. The Balaban J connectivity index is 1.74. The zero-order valence-electron chi connectivity index (χ0n) is 13.0. The molecule has 3 rings (SSSR count). The van der Waals surface area contributed by atoms with Gasteiger partial charge in [-0.3, -0.25) is 10.2 Å². The van der Waals surface area contributed by atoms with Gasteiger partial charge in [-0.15, -0.1) is 4.83 Å². The van der Waals surface area contributed by atoms with Crippen LogP contribution < -0.4 is 10.3 Å². The quantitative estimate of drug-likeness (QED) is 0.680. The SMILES string of the molecule is O=C(NNS(=O)(=O)c1ccccc1)c1cccc(-c2ncccn2)c1. The van der Waals surface area contributed by atoms with Gasteiger partial charge < -0.3 is 0 Å².